The Morgan fingerprint density at radius 3 is 0.857 bits per heavy atom. The fourth-order valence-corrected chi connectivity index (χ4v) is 12.8. The Hall–Kier alpha value is -10.6. The van der Waals surface area contributed by atoms with Crippen molar-refractivity contribution in [2.45, 2.75) is 206 Å². The van der Waals surface area contributed by atoms with Gasteiger partial charge in [-0.15, -0.1) is 0 Å². The minimum atomic E-state index is -1.65. The van der Waals surface area contributed by atoms with E-state index < -0.39 is 245 Å². The predicted molar refractivity (Wildman–Crippen MR) is 446 cm³/mol. The van der Waals surface area contributed by atoms with E-state index in [0.29, 0.717) is 5.56 Å². The summed E-state index contributed by atoms with van der Waals surface area (Å²) in [5.74, 6) is -10.6. The highest BCUT2D eigenvalue weighted by Gasteiger charge is 2.55. The zero-order valence-electron chi connectivity index (χ0n) is 76.8. The Morgan fingerprint density at radius 1 is 0.301 bits per heavy atom. The van der Waals surface area contributed by atoms with Gasteiger partial charge in [0.25, 0.3) is 0 Å². The summed E-state index contributed by atoms with van der Waals surface area (Å²) in [6.45, 7) is 9.67. The van der Waals surface area contributed by atoms with Crippen molar-refractivity contribution in [2.75, 3.05) is 185 Å². The van der Waals surface area contributed by atoms with Crippen LogP contribution in [0.1, 0.15) is 108 Å². The molecule has 0 aromatic heterocycles. The molecule has 3 aliphatic rings. The molecular weight excluding hydrogens is 1780 g/mol. The predicted octanol–water partition coefficient (Wildman–Crippen LogP) is -3.55. The van der Waals surface area contributed by atoms with Crippen molar-refractivity contribution >= 4 is 101 Å². The summed E-state index contributed by atoms with van der Waals surface area (Å²) in [6, 6.07) is 5.15. The van der Waals surface area contributed by atoms with Crippen molar-refractivity contribution < 1.29 is 200 Å². The number of carbonyl (C=O) groups excluding carboxylic acids is 17. The number of esters is 9. The normalized spacial score (nSPS) is 21.4. The van der Waals surface area contributed by atoms with Crippen molar-refractivity contribution in [2.24, 2.45) is 0 Å². The Kier molecular flexibility index (Phi) is 56.2. The molecule has 0 saturated carbocycles. The van der Waals surface area contributed by atoms with Gasteiger partial charge in [-0.1, -0.05) is 30.3 Å². The molecule has 8 amide bonds. The lowest BCUT2D eigenvalue weighted by atomic mass is 9.96. The molecule has 0 aliphatic carbocycles. The number of ether oxygens (including phenoxy) is 25. The first-order chi connectivity index (χ1) is 63.4. The number of carbonyl (C=O) groups is 17. The maximum atomic E-state index is 13.9. The second-order valence-electron chi connectivity index (χ2n) is 29.6. The highest BCUT2D eigenvalue weighted by atomic mass is 16.7. The molecule has 133 heavy (non-hydrogen) atoms. The lowest BCUT2D eigenvalue weighted by Gasteiger charge is -2.44. The number of amides is 8. The van der Waals surface area contributed by atoms with E-state index in [-0.39, 0.29) is 164 Å². The molecular formula is C83H128N8O42. The molecule has 3 saturated heterocycles. The number of rotatable bonds is 65. The number of benzene rings is 1. The second-order valence-corrected chi connectivity index (χ2v) is 29.6. The van der Waals surface area contributed by atoms with Crippen LogP contribution < -0.4 is 42.5 Å². The van der Waals surface area contributed by atoms with Crippen LogP contribution in [-0.2, 0) is 202 Å². The van der Waals surface area contributed by atoms with E-state index in [1.54, 1.807) is 30.3 Å². The van der Waals surface area contributed by atoms with Gasteiger partial charge in [-0.3, -0.25) is 76.7 Å². The molecule has 0 bridgehead atoms. The van der Waals surface area contributed by atoms with Crippen LogP contribution in [0.5, 0.6) is 0 Å². The zero-order valence-corrected chi connectivity index (χ0v) is 76.8. The quantitative estimate of drug-likeness (QED) is 0.0178. The SMILES string of the molecule is CC(=O)N[C@H]1[C@H](OCCOCCOCCNC(=O)CCOCC(COCCC(=O)NCCOCCOCCOC2O[C@H](COC(C)=O)[C@H](OC(C)=O)[C@H](OC(C)=O)[C@H]2NC(C)=O)(COCCC(=O)NCCOCCOCCO[C@@H]2O[C@H](COC(C)=O)[C@H](OC(C)=O)[C@H](OC(C)=O)[C@H]2NC(C)=O)NC(=O)CNC(=O)OCc2ccccc2)O[C@H](COC(C)=O)[C@H](OC(C)=O)[C@@H]1OC(C)=O. The first kappa shape index (κ1) is 115. The molecule has 752 valence electrons. The van der Waals surface area contributed by atoms with Crippen LogP contribution in [0.2, 0.25) is 0 Å². The van der Waals surface area contributed by atoms with Gasteiger partial charge in [0.1, 0.15) is 74.9 Å². The molecule has 50 nitrogen and oxygen atoms in total. The smallest absolute Gasteiger partial charge is 0.407 e. The maximum Gasteiger partial charge on any atom is 0.407 e. The second kappa shape index (κ2) is 65.1. The fourth-order valence-electron chi connectivity index (χ4n) is 12.8. The zero-order chi connectivity index (χ0) is 98.1. The minimum absolute atomic E-state index is 0.0347. The largest absolute Gasteiger partial charge is 0.463 e. The highest BCUT2D eigenvalue weighted by Crippen LogP contribution is 2.32. The summed E-state index contributed by atoms with van der Waals surface area (Å²) >= 11 is 0. The van der Waals surface area contributed by atoms with E-state index in [9.17, 15) is 81.5 Å². The van der Waals surface area contributed by atoms with Crippen LogP contribution in [-0.4, -0.2) is 383 Å². The Morgan fingerprint density at radius 2 is 0.579 bits per heavy atom. The molecule has 0 spiro atoms. The van der Waals surface area contributed by atoms with Crippen molar-refractivity contribution in [1.82, 2.24) is 42.5 Å². The number of hydrogen-bond donors (Lipinski definition) is 8. The Bertz CT molecular complexity index is 3480. The summed E-state index contributed by atoms with van der Waals surface area (Å²) in [5, 5.41) is 21.1. The molecule has 50 heteroatoms. The van der Waals surface area contributed by atoms with E-state index >= 15 is 0 Å². The lowest BCUT2D eigenvalue weighted by molar-refractivity contribution is -0.279. The van der Waals surface area contributed by atoms with Gasteiger partial charge in [0.15, 0.2) is 55.5 Å². The third kappa shape index (κ3) is 49.8. The van der Waals surface area contributed by atoms with Gasteiger partial charge in [-0.2, -0.15) is 0 Å². The standard InChI is InChI=1S/C83H128N8O42/c1-50(92)88-70-76(128-59(10)101)73(125-56(7)98)63(44-121-53(4)95)131-79(70)118-39-36-112-33-30-109-27-21-84-66(104)18-24-115-47-83(91-69(107)42-87-82(108)124-43-62-16-14-13-15-17-62,48-116-25-19-67(105)85-22-28-110-31-34-113-37-40-119-80-71(89-51(2)93)77(129-60(11)102)74(126-57(8)99)64(132-80)45-122-54(5)96)49-117-26-20-68(106)86-23-29-111-32-35-114-38-41-120-81-72(90-52(3)94)78(130-61(12)103)75(127-58(9)100)65(133-81)46-123-55(6)97/h13-17,63-65,70-81H,18-49H2,1-12H3,(H,84,104)(H,85,105)(H,86,106)(H,87,108)(H,88,92)(H,89,93)(H,90,94)(H,91,107)/t63-,64-,65-,70-,71-,72-,73+,74+,75+,76-,77-,78-,79-,80-,81?/m1/s1. The van der Waals surface area contributed by atoms with Gasteiger partial charge in [-0.05, 0) is 5.56 Å². The van der Waals surface area contributed by atoms with E-state index in [4.69, 9.17) is 118 Å². The van der Waals surface area contributed by atoms with Crippen LogP contribution in [0, 0.1) is 0 Å². The molecule has 0 radical (unpaired) electrons. The summed E-state index contributed by atoms with van der Waals surface area (Å²) < 4.78 is 141. The Labute approximate surface area is 767 Å². The van der Waals surface area contributed by atoms with Gasteiger partial charge in [0.05, 0.1) is 139 Å². The van der Waals surface area contributed by atoms with Crippen LogP contribution in [0.3, 0.4) is 0 Å². The summed E-state index contributed by atoms with van der Waals surface area (Å²) in [5.41, 5.74) is -0.990. The van der Waals surface area contributed by atoms with Crippen LogP contribution in [0.4, 0.5) is 4.79 Å². The van der Waals surface area contributed by atoms with Gasteiger partial charge in [-0.25, -0.2) is 4.79 Å². The van der Waals surface area contributed by atoms with E-state index in [0.717, 1.165) is 62.3 Å². The molecule has 1 aromatic rings. The van der Waals surface area contributed by atoms with Gasteiger partial charge in [0.2, 0.25) is 41.4 Å². The average Bonchev–Trinajstić information content (AvgIpc) is 0.794. The van der Waals surface area contributed by atoms with Crippen LogP contribution >= 0.6 is 0 Å². The van der Waals surface area contributed by atoms with Crippen molar-refractivity contribution in [3.63, 3.8) is 0 Å². The first-order valence-electron chi connectivity index (χ1n) is 42.8. The molecule has 8 N–H and O–H groups in total. The van der Waals surface area contributed by atoms with E-state index in [1.807, 2.05) is 0 Å². The monoisotopic (exact) mass is 1910 g/mol. The van der Waals surface area contributed by atoms with Crippen molar-refractivity contribution in [1.29, 1.82) is 0 Å². The maximum absolute atomic E-state index is 13.9. The van der Waals surface area contributed by atoms with Crippen molar-refractivity contribution in [3.05, 3.63) is 35.9 Å². The summed E-state index contributed by atoms with van der Waals surface area (Å²) in [6.07, 6.45) is -17.0. The van der Waals surface area contributed by atoms with Gasteiger partial charge >= 0.3 is 59.8 Å². The third-order valence-electron chi connectivity index (χ3n) is 18.1. The minimum Gasteiger partial charge on any atom is -0.463 e. The topological polar surface area (TPSA) is 617 Å². The molecule has 3 heterocycles. The van der Waals surface area contributed by atoms with E-state index in [2.05, 4.69) is 42.5 Å². The Balaban J connectivity index is 1.35. The third-order valence-corrected chi connectivity index (χ3v) is 18.1. The number of hydrogen-bond acceptors (Lipinski definition) is 42. The first-order valence-corrected chi connectivity index (χ1v) is 42.8. The summed E-state index contributed by atoms with van der Waals surface area (Å²) in [7, 11) is 0. The number of nitrogens with one attached hydrogen (secondary N) is 8. The summed E-state index contributed by atoms with van der Waals surface area (Å²) in [4.78, 5) is 212. The van der Waals surface area contributed by atoms with Gasteiger partial charge < -0.3 is 161 Å². The molecule has 3 aliphatic heterocycles. The molecule has 1 unspecified atom stereocenters. The van der Waals surface area contributed by atoms with E-state index in [1.165, 1.54) is 20.8 Å². The number of alkyl carbamates (subject to hydrolysis) is 1. The van der Waals surface area contributed by atoms with Crippen molar-refractivity contribution in [3.8, 4) is 0 Å². The molecule has 3 fully saturated rings. The van der Waals surface area contributed by atoms with Crippen LogP contribution in [0.25, 0.3) is 0 Å². The van der Waals surface area contributed by atoms with Crippen LogP contribution in [0.15, 0.2) is 30.3 Å². The fraction of sp³-hybridized carbons (Fsp3) is 0.723. The molecule has 1 aromatic carbocycles. The van der Waals surface area contributed by atoms with Gasteiger partial charge in [0, 0.05) is 122 Å². The lowest BCUT2D eigenvalue weighted by Crippen LogP contribution is -2.66. The molecule has 15 atom stereocenters. The molecule has 4 rings (SSSR count). The average molecular weight is 1910 g/mol. The highest BCUT2D eigenvalue weighted by molar-refractivity contribution is 5.83.